The van der Waals surface area contributed by atoms with Gasteiger partial charge < -0.3 is 14.8 Å². The van der Waals surface area contributed by atoms with Gasteiger partial charge in [0.25, 0.3) is 5.91 Å². The van der Waals surface area contributed by atoms with Crippen molar-refractivity contribution in [3.05, 3.63) is 35.7 Å². The Labute approximate surface area is 120 Å². The highest BCUT2D eigenvalue weighted by atomic mass is 32.1. The Morgan fingerprint density at radius 2 is 2.25 bits per heavy atom. The molecule has 0 aromatic carbocycles. The second-order valence-corrected chi connectivity index (χ2v) is 4.82. The monoisotopic (exact) mass is 293 g/mol. The first-order valence-electron chi connectivity index (χ1n) is 6.01. The highest BCUT2D eigenvalue weighted by molar-refractivity contribution is 7.10. The van der Waals surface area contributed by atoms with E-state index in [9.17, 15) is 4.79 Å². The summed E-state index contributed by atoms with van der Waals surface area (Å²) in [4.78, 5) is 16.1. The fraction of sp³-hybridized carbons (Fsp3) is 0.308. The summed E-state index contributed by atoms with van der Waals surface area (Å²) >= 11 is 1.25. The van der Waals surface area contributed by atoms with Gasteiger partial charge in [0.15, 0.2) is 0 Å². The molecule has 0 unspecified atom stereocenters. The highest BCUT2D eigenvalue weighted by Crippen LogP contribution is 2.17. The lowest BCUT2D eigenvalue weighted by molar-refractivity contribution is 0.102. The molecule has 1 N–H and O–H groups in total. The van der Waals surface area contributed by atoms with Crippen LogP contribution in [0, 0.1) is 6.92 Å². The molecule has 0 fully saturated rings. The number of hydrogen-bond donors (Lipinski definition) is 1. The first kappa shape index (κ1) is 14.4. The van der Waals surface area contributed by atoms with Crippen LogP contribution in [-0.2, 0) is 4.74 Å². The molecule has 0 saturated heterocycles. The molecule has 7 heteroatoms. The number of aryl methyl sites for hydroxylation is 1. The predicted molar refractivity (Wildman–Crippen MR) is 76.4 cm³/mol. The number of methoxy groups -OCH3 is 1. The van der Waals surface area contributed by atoms with Crippen LogP contribution in [0.15, 0.2) is 24.4 Å². The van der Waals surface area contributed by atoms with Crippen molar-refractivity contribution in [1.29, 1.82) is 0 Å². The highest BCUT2D eigenvalue weighted by Gasteiger charge is 2.09. The number of amides is 1. The molecule has 0 bridgehead atoms. The van der Waals surface area contributed by atoms with Gasteiger partial charge in [-0.1, -0.05) is 0 Å². The molecule has 0 atom stereocenters. The third-order valence-corrected chi connectivity index (χ3v) is 3.20. The summed E-state index contributed by atoms with van der Waals surface area (Å²) in [6, 6.07) is 5.05. The average Bonchev–Trinajstić information content (AvgIpc) is 2.85. The second-order valence-electron chi connectivity index (χ2n) is 4.01. The molecule has 2 rings (SSSR count). The zero-order valence-electron chi connectivity index (χ0n) is 11.3. The van der Waals surface area contributed by atoms with Crippen molar-refractivity contribution in [3.8, 4) is 5.88 Å². The van der Waals surface area contributed by atoms with Crippen molar-refractivity contribution in [1.82, 2.24) is 9.36 Å². The molecule has 0 aliphatic carbocycles. The Morgan fingerprint density at radius 3 is 2.95 bits per heavy atom. The molecule has 0 aliphatic rings. The van der Waals surface area contributed by atoms with Gasteiger partial charge in [0.1, 0.15) is 11.6 Å². The molecule has 0 radical (unpaired) electrons. The van der Waals surface area contributed by atoms with Crippen LogP contribution in [0.2, 0.25) is 0 Å². The number of hydrogen-bond acceptors (Lipinski definition) is 6. The van der Waals surface area contributed by atoms with Gasteiger partial charge in [-0.05, 0) is 30.6 Å². The van der Waals surface area contributed by atoms with Gasteiger partial charge >= 0.3 is 0 Å². The molecular weight excluding hydrogens is 278 g/mol. The predicted octanol–water partition coefficient (Wildman–Crippen LogP) is 2.12. The largest absolute Gasteiger partial charge is 0.475 e. The van der Waals surface area contributed by atoms with Gasteiger partial charge in [-0.25, -0.2) is 4.98 Å². The zero-order chi connectivity index (χ0) is 14.4. The molecule has 0 spiro atoms. The first-order chi connectivity index (χ1) is 9.69. The Hall–Kier alpha value is -1.99. The van der Waals surface area contributed by atoms with Gasteiger partial charge in [-0.3, -0.25) is 4.79 Å². The first-order valence-corrected chi connectivity index (χ1v) is 6.79. The number of rotatable bonds is 6. The van der Waals surface area contributed by atoms with Crippen LogP contribution < -0.4 is 10.1 Å². The van der Waals surface area contributed by atoms with E-state index in [1.54, 1.807) is 19.2 Å². The summed E-state index contributed by atoms with van der Waals surface area (Å²) in [7, 11) is 1.59. The fourth-order valence-electron chi connectivity index (χ4n) is 1.47. The normalized spacial score (nSPS) is 10.3. The van der Waals surface area contributed by atoms with Gasteiger partial charge in [0.05, 0.1) is 12.3 Å². The Kier molecular flexibility index (Phi) is 5.03. The maximum absolute atomic E-state index is 12.1. The van der Waals surface area contributed by atoms with Crippen LogP contribution in [0.25, 0.3) is 0 Å². The van der Waals surface area contributed by atoms with E-state index in [-0.39, 0.29) is 5.91 Å². The molecule has 2 heterocycles. The number of carbonyl (C=O) groups is 1. The summed E-state index contributed by atoms with van der Waals surface area (Å²) in [5.74, 6) is 0.183. The third-order valence-electron chi connectivity index (χ3n) is 2.40. The van der Waals surface area contributed by atoms with E-state index in [1.807, 2.05) is 13.0 Å². The number of nitrogens with one attached hydrogen (secondary N) is 1. The molecule has 0 saturated carbocycles. The Morgan fingerprint density at radius 1 is 1.40 bits per heavy atom. The molecule has 106 valence electrons. The summed E-state index contributed by atoms with van der Waals surface area (Å²) < 4.78 is 14.4. The van der Waals surface area contributed by atoms with E-state index in [4.69, 9.17) is 9.47 Å². The van der Waals surface area contributed by atoms with Crippen molar-refractivity contribution in [2.75, 3.05) is 25.6 Å². The number of nitrogens with zero attached hydrogens (tertiary/aromatic N) is 2. The Balaban J connectivity index is 2.00. The Bertz CT molecular complexity index is 586. The van der Waals surface area contributed by atoms with Crippen molar-refractivity contribution in [3.63, 3.8) is 0 Å². The van der Waals surface area contributed by atoms with E-state index < -0.39 is 0 Å². The number of aromatic nitrogens is 2. The topological polar surface area (TPSA) is 73.3 Å². The second kappa shape index (κ2) is 6.97. The molecule has 20 heavy (non-hydrogen) atoms. The van der Waals surface area contributed by atoms with E-state index in [1.165, 1.54) is 17.7 Å². The summed E-state index contributed by atoms with van der Waals surface area (Å²) in [6.07, 6.45) is 1.54. The van der Waals surface area contributed by atoms with E-state index in [0.717, 1.165) is 5.69 Å². The number of carbonyl (C=O) groups excluding carboxylic acids is 1. The van der Waals surface area contributed by atoms with Gasteiger partial charge in [-0.15, -0.1) is 0 Å². The van der Waals surface area contributed by atoms with Crippen molar-refractivity contribution < 1.29 is 14.3 Å². The van der Waals surface area contributed by atoms with E-state index in [0.29, 0.717) is 29.7 Å². The lowest BCUT2D eigenvalue weighted by atomic mass is 10.2. The lowest BCUT2D eigenvalue weighted by Crippen LogP contribution is -2.12. The third kappa shape index (κ3) is 4.01. The van der Waals surface area contributed by atoms with Crippen molar-refractivity contribution >= 4 is 22.4 Å². The van der Waals surface area contributed by atoms with Gasteiger partial charge in [-0.2, -0.15) is 4.37 Å². The van der Waals surface area contributed by atoms with Crippen molar-refractivity contribution in [2.45, 2.75) is 6.92 Å². The molecular formula is C13H15N3O3S. The molecule has 0 aliphatic heterocycles. The maximum atomic E-state index is 12.1. The van der Waals surface area contributed by atoms with Gasteiger partial charge in [0.2, 0.25) is 5.88 Å². The van der Waals surface area contributed by atoms with Crippen LogP contribution >= 0.6 is 11.5 Å². The zero-order valence-corrected chi connectivity index (χ0v) is 12.1. The minimum atomic E-state index is -0.215. The van der Waals surface area contributed by atoms with Crippen LogP contribution in [-0.4, -0.2) is 35.6 Å². The van der Waals surface area contributed by atoms with Crippen LogP contribution in [0.3, 0.4) is 0 Å². The quantitative estimate of drug-likeness (QED) is 0.826. The summed E-state index contributed by atoms with van der Waals surface area (Å²) in [6.45, 7) is 2.74. The average molecular weight is 293 g/mol. The van der Waals surface area contributed by atoms with Crippen LogP contribution in [0.1, 0.15) is 16.1 Å². The molecule has 6 nitrogen and oxygen atoms in total. The molecule has 2 aromatic rings. The smallest absolute Gasteiger partial charge is 0.256 e. The minimum absolute atomic E-state index is 0.215. The van der Waals surface area contributed by atoms with Crippen LogP contribution in [0.4, 0.5) is 5.00 Å². The van der Waals surface area contributed by atoms with Crippen molar-refractivity contribution in [2.24, 2.45) is 0 Å². The summed E-state index contributed by atoms with van der Waals surface area (Å²) in [5.41, 5.74) is 1.36. The number of pyridine rings is 1. The SMILES string of the molecule is COCCOc1cc(C(=O)Nc2cc(C)ns2)ccn1. The number of anilines is 1. The lowest BCUT2D eigenvalue weighted by Gasteiger charge is -2.06. The fourth-order valence-corrected chi connectivity index (χ4v) is 2.12. The molecule has 1 amide bonds. The number of ether oxygens (including phenoxy) is 2. The van der Waals surface area contributed by atoms with E-state index >= 15 is 0 Å². The standard InChI is InChI=1S/C13H15N3O3S/c1-9-7-12(20-16-9)15-13(17)10-3-4-14-11(8-10)19-6-5-18-2/h3-4,7-8H,5-6H2,1-2H3,(H,15,17). The van der Waals surface area contributed by atoms with Gasteiger partial charge in [0, 0.05) is 24.9 Å². The van der Waals surface area contributed by atoms with E-state index in [2.05, 4.69) is 14.7 Å². The minimum Gasteiger partial charge on any atom is -0.475 e. The van der Waals surface area contributed by atoms with Crippen LogP contribution in [0.5, 0.6) is 5.88 Å². The molecule has 2 aromatic heterocycles. The maximum Gasteiger partial charge on any atom is 0.256 e. The summed E-state index contributed by atoms with van der Waals surface area (Å²) in [5, 5.41) is 3.50.